The highest BCUT2D eigenvalue weighted by atomic mass is 32.1. The Morgan fingerprint density at radius 1 is 1.43 bits per heavy atom. The van der Waals surface area contributed by atoms with Crippen molar-refractivity contribution in [2.75, 3.05) is 7.05 Å². The second-order valence-electron chi connectivity index (χ2n) is 6.27. The van der Waals surface area contributed by atoms with Crippen molar-refractivity contribution in [3.63, 3.8) is 0 Å². The molecular formula is C17H21N3O2S. The maximum atomic E-state index is 12.5. The summed E-state index contributed by atoms with van der Waals surface area (Å²) in [4.78, 5) is 29.7. The van der Waals surface area contributed by atoms with E-state index in [1.165, 1.54) is 17.4 Å². The molecule has 1 saturated carbocycles. The van der Waals surface area contributed by atoms with E-state index in [-0.39, 0.29) is 23.9 Å². The average Bonchev–Trinajstić information content (AvgIpc) is 3.38. The van der Waals surface area contributed by atoms with E-state index in [0.29, 0.717) is 22.6 Å². The average molecular weight is 331 g/mol. The highest BCUT2D eigenvalue weighted by molar-refractivity contribution is 7.71. The Bertz CT molecular complexity index is 851. The number of nitrogens with one attached hydrogen (secondary N) is 1. The van der Waals surface area contributed by atoms with Gasteiger partial charge in [-0.15, -0.1) is 0 Å². The van der Waals surface area contributed by atoms with Crippen molar-refractivity contribution in [1.82, 2.24) is 14.5 Å². The van der Waals surface area contributed by atoms with Crippen LogP contribution in [0.25, 0.3) is 10.9 Å². The number of carbonyl (C=O) groups excluding carboxylic acids is 1. The lowest BCUT2D eigenvalue weighted by molar-refractivity contribution is -0.132. The monoisotopic (exact) mass is 331 g/mol. The van der Waals surface area contributed by atoms with Gasteiger partial charge in [-0.2, -0.15) is 0 Å². The van der Waals surface area contributed by atoms with Crippen LogP contribution in [0.4, 0.5) is 0 Å². The smallest absolute Gasteiger partial charge is 0.262 e. The van der Waals surface area contributed by atoms with E-state index < -0.39 is 0 Å². The van der Waals surface area contributed by atoms with Crippen LogP contribution in [0, 0.1) is 10.7 Å². The molecule has 1 aromatic heterocycles. The second kappa shape index (κ2) is 6.28. The van der Waals surface area contributed by atoms with Gasteiger partial charge < -0.3 is 9.88 Å². The Kier molecular flexibility index (Phi) is 4.35. The molecule has 1 aromatic carbocycles. The van der Waals surface area contributed by atoms with Crippen LogP contribution in [-0.4, -0.2) is 33.4 Å². The van der Waals surface area contributed by atoms with E-state index in [2.05, 4.69) is 11.9 Å². The minimum atomic E-state index is -0.143. The summed E-state index contributed by atoms with van der Waals surface area (Å²) in [6.07, 6.45) is 2.69. The van der Waals surface area contributed by atoms with Gasteiger partial charge in [-0.25, -0.2) is 0 Å². The topological polar surface area (TPSA) is 58.1 Å². The van der Waals surface area contributed by atoms with E-state index in [4.69, 9.17) is 12.2 Å². The first kappa shape index (κ1) is 15.9. The lowest BCUT2D eigenvalue weighted by Crippen LogP contribution is -2.37. The van der Waals surface area contributed by atoms with Gasteiger partial charge in [-0.05, 0) is 50.0 Å². The molecule has 0 aliphatic heterocycles. The zero-order valence-electron chi connectivity index (χ0n) is 13.4. The van der Waals surface area contributed by atoms with Gasteiger partial charge in [-0.1, -0.05) is 12.1 Å². The summed E-state index contributed by atoms with van der Waals surface area (Å²) in [5.41, 5.74) is 0.583. The fraction of sp³-hybridized carbons (Fsp3) is 0.471. The van der Waals surface area contributed by atoms with Gasteiger partial charge in [0.25, 0.3) is 5.56 Å². The van der Waals surface area contributed by atoms with Crippen molar-refractivity contribution >= 4 is 29.0 Å². The lowest BCUT2D eigenvalue weighted by atomic mass is 10.2. The molecule has 1 fully saturated rings. The highest BCUT2D eigenvalue weighted by Crippen LogP contribution is 2.34. The van der Waals surface area contributed by atoms with Crippen molar-refractivity contribution in [2.45, 2.75) is 38.8 Å². The molecule has 122 valence electrons. The molecule has 1 atom stereocenters. The van der Waals surface area contributed by atoms with Gasteiger partial charge >= 0.3 is 0 Å². The maximum Gasteiger partial charge on any atom is 0.262 e. The number of fused-ring (bicyclic) bond motifs is 1. The van der Waals surface area contributed by atoms with Gasteiger partial charge in [0.1, 0.15) is 0 Å². The summed E-state index contributed by atoms with van der Waals surface area (Å²) in [7, 11) is 1.84. The van der Waals surface area contributed by atoms with Crippen molar-refractivity contribution in [1.29, 1.82) is 0 Å². The van der Waals surface area contributed by atoms with Crippen LogP contribution in [0.15, 0.2) is 29.1 Å². The molecule has 1 aliphatic carbocycles. The first-order valence-electron chi connectivity index (χ1n) is 7.96. The third-order valence-corrected chi connectivity index (χ3v) is 5.07. The third-order valence-electron chi connectivity index (χ3n) is 4.75. The van der Waals surface area contributed by atoms with E-state index in [1.54, 1.807) is 11.0 Å². The molecule has 1 aliphatic rings. The standard InChI is InChI=1S/C17H21N3O2S/c1-11(12-7-8-12)19(2)15(21)9-10-20-16(22)13-5-3-4-6-14(13)18-17(20)23/h3-6,11-12H,7-10H2,1-2H3,(H,18,23)/t11-/m0/s1. The molecule has 0 saturated heterocycles. The zero-order valence-corrected chi connectivity index (χ0v) is 14.2. The van der Waals surface area contributed by atoms with Crippen molar-refractivity contribution < 1.29 is 4.79 Å². The molecule has 1 amide bonds. The van der Waals surface area contributed by atoms with Crippen LogP contribution in [0.2, 0.25) is 0 Å². The third kappa shape index (κ3) is 3.22. The Morgan fingerprint density at radius 3 is 2.83 bits per heavy atom. The number of para-hydroxylation sites is 1. The first-order valence-corrected chi connectivity index (χ1v) is 8.37. The Hall–Kier alpha value is -1.95. The Labute approximate surface area is 139 Å². The zero-order chi connectivity index (χ0) is 16.6. The minimum Gasteiger partial charge on any atom is -0.343 e. The number of hydrogen-bond acceptors (Lipinski definition) is 3. The van der Waals surface area contributed by atoms with E-state index in [9.17, 15) is 9.59 Å². The highest BCUT2D eigenvalue weighted by Gasteiger charge is 2.32. The summed E-state index contributed by atoms with van der Waals surface area (Å²) in [6, 6.07) is 7.54. The van der Waals surface area contributed by atoms with Crippen LogP contribution in [0.5, 0.6) is 0 Å². The van der Waals surface area contributed by atoms with Gasteiger partial charge in [0, 0.05) is 26.1 Å². The number of benzene rings is 1. The Morgan fingerprint density at radius 2 is 2.13 bits per heavy atom. The molecule has 0 radical (unpaired) electrons. The van der Waals surface area contributed by atoms with Gasteiger partial charge in [0.05, 0.1) is 10.9 Å². The number of amides is 1. The molecule has 6 heteroatoms. The SMILES string of the molecule is C[C@@H](C1CC1)N(C)C(=O)CCn1c(=S)[nH]c2ccccc2c1=O. The number of hydrogen-bond donors (Lipinski definition) is 1. The number of aromatic amines is 1. The normalized spacial score (nSPS) is 15.6. The predicted octanol–water partition coefficient (Wildman–Crippen LogP) is 2.71. The molecule has 0 bridgehead atoms. The lowest BCUT2D eigenvalue weighted by Gasteiger charge is -2.25. The van der Waals surface area contributed by atoms with Crippen LogP contribution >= 0.6 is 12.2 Å². The summed E-state index contributed by atoms with van der Waals surface area (Å²) < 4.78 is 1.84. The second-order valence-corrected chi connectivity index (χ2v) is 6.65. The van der Waals surface area contributed by atoms with Crippen molar-refractivity contribution in [2.24, 2.45) is 5.92 Å². The molecule has 1 heterocycles. The molecule has 5 nitrogen and oxygen atoms in total. The molecule has 0 unspecified atom stereocenters. The minimum absolute atomic E-state index is 0.0545. The molecule has 2 aromatic rings. The maximum absolute atomic E-state index is 12.5. The van der Waals surface area contributed by atoms with Gasteiger partial charge in [0.2, 0.25) is 5.91 Å². The van der Waals surface area contributed by atoms with E-state index >= 15 is 0 Å². The van der Waals surface area contributed by atoms with Crippen LogP contribution < -0.4 is 5.56 Å². The number of rotatable bonds is 5. The molecule has 23 heavy (non-hydrogen) atoms. The van der Waals surface area contributed by atoms with Crippen LogP contribution in [-0.2, 0) is 11.3 Å². The van der Waals surface area contributed by atoms with Gasteiger partial charge in [-0.3, -0.25) is 14.2 Å². The number of H-pyrrole nitrogens is 1. The fourth-order valence-corrected chi connectivity index (χ4v) is 3.19. The molecular weight excluding hydrogens is 310 g/mol. The van der Waals surface area contributed by atoms with Crippen molar-refractivity contribution in [3.05, 3.63) is 39.4 Å². The largest absolute Gasteiger partial charge is 0.343 e. The molecule has 0 spiro atoms. The summed E-state index contributed by atoms with van der Waals surface area (Å²) in [5.74, 6) is 0.689. The first-order chi connectivity index (χ1) is 11.0. The predicted molar refractivity (Wildman–Crippen MR) is 93.0 cm³/mol. The summed E-state index contributed by atoms with van der Waals surface area (Å²) in [5, 5.41) is 0.591. The number of carbonyl (C=O) groups is 1. The number of nitrogens with zero attached hydrogens (tertiary/aromatic N) is 2. The summed E-state index contributed by atoms with van der Waals surface area (Å²) in [6.45, 7) is 2.39. The van der Waals surface area contributed by atoms with Crippen molar-refractivity contribution in [3.8, 4) is 0 Å². The molecule has 1 N–H and O–H groups in total. The van der Waals surface area contributed by atoms with E-state index in [0.717, 1.165) is 5.52 Å². The fourth-order valence-electron chi connectivity index (χ4n) is 2.91. The summed E-state index contributed by atoms with van der Waals surface area (Å²) >= 11 is 5.27. The molecule has 3 rings (SSSR count). The van der Waals surface area contributed by atoms with Gasteiger partial charge in [0.15, 0.2) is 4.77 Å². The van der Waals surface area contributed by atoms with Crippen LogP contribution in [0.3, 0.4) is 0 Å². The van der Waals surface area contributed by atoms with Crippen LogP contribution in [0.1, 0.15) is 26.2 Å². The quantitative estimate of drug-likeness (QED) is 0.857. The Balaban J connectivity index is 1.78. The van der Waals surface area contributed by atoms with E-state index in [1.807, 2.05) is 25.2 Å². The number of aromatic nitrogens is 2.